The molecule has 0 saturated heterocycles. The van der Waals surface area contributed by atoms with Crippen molar-refractivity contribution in [2.24, 2.45) is 0 Å². The Kier molecular flexibility index (Phi) is 5.69. The molecule has 0 aliphatic carbocycles. The van der Waals surface area contributed by atoms with Crippen molar-refractivity contribution < 1.29 is 9.15 Å². The summed E-state index contributed by atoms with van der Waals surface area (Å²) in [7, 11) is 1.70. The van der Waals surface area contributed by atoms with Crippen LogP contribution in [0.5, 0.6) is 5.75 Å². The van der Waals surface area contributed by atoms with Crippen LogP contribution in [0.2, 0.25) is 0 Å². The molecule has 0 aliphatic rings. The SMILES string of the molecule is CCCNC(CCc1ccco1)c1cccc(OC)c1. The van der Waals surface area contributed by atoms with E-state index in [9.17, 15) is 0 Å². The van der Waals surface area contributed by atoms with Gasteiger partial charge in [0.2, 0.25) is 0 Å². The fourth-order valence-electron chi connectivity index (χ4n) is 2.30. The molecule has 1 aromatic heterocycles. The predicted octanol–water partition coefficient (Wildman–Crippen LogP) is 3.96. The van der Waals surface area contributed by atoms with Gasteiger partial charge in [0.1, 0.15) is 11.5 Å². The van der Waals surface area contributed by atoms with Gasteiger partial charge in [-0.1, -0.05) is 19.1 Å². The molecule has 1 N–H and O–H groups in total. The minimum atomic E-state index is 0.329. The Labute approximate surface area is 121 Å². The summed E-state index contributed by atoms with van der Waals surface area (Å²) in [6.45, 7) is 3.20. The van der Waals surface area contributed by atoms with Crippen molar-refractivity contribution in [3.63, 3.8) is 0 Å². The molecule has 108 valence electrons. The summed E-state index contributed by atoms with van der Waals surface area (Å²) >= 11 is 0. The first-order valence-electron chi connectivity index (χ1n) is 7.23. The summed E-state index contributed by atoms with van der Waals surface area (Å²) in [4.78, 5) is 0. The van der Waals surface area contributed by atoms with E-state index in [1.165, 1.54) is 5.56 Å². The lowest BCUT2D eigenvalue weighted by Gasteiger charge is -2.19. The standard InChI is InChI=1S/C17H23NO2/c1-3-11-18-17(10-9-15-8-5-12-20-15)14-6-4-7-16(13-14)19-2/h4-8,12-13,17-18H,3,9-11H2,1-2H3. The Morgan fingerprint density at radius 2 is 2.15 bits per heavy atom. The molecule has 0 bridgehead atoms. The van der Waals surface area contributed by atoms with Crippen LogP contribution in [0, 0.1) is 0 Å². The zero-order chi connectivity index (χ0) is 14.2. The van der Waals surface area contributed by atoms with Crippen LogP contribution < -0.4 is 10.1 Å². The quantitative estimate of drug-likeness (QED) is 0.790. The van der Waals surface area contributed by atoms with E-state index in [-0.39, 0.29) is 0 Å². The fraction of sp³-hybridized carbons (Fsp3) is 0.412. The second kappa shape index (κ2) is 7.75. The maximum Gasteiger partial charge on any atom is 0.119 e. The van der Waals surface area contributed by atoms with Gasteiger partial charge in [0.05, 0.1) is 13.4 Å². The second-order valence-corrected chi connectivity index (χ2v) is 4.90. The maximum atomic E-state index is 5.42. The van der Waals surface area contributed by atoms with Gasteiger partial charge in [0.25, 0.3) is 0 Å². The van der Waals surface area contributed by atoms with Crippen molar-refractivity contribution in [3.8, 4) is 5.75 Å². The molecule has 3 nitrogen and oxygen atoms in total. The first-order chi connectivity index (χ1) is 9.83. The topological polar surface area (TPSA) is 34.4 Å². The van der Waals surface area contributed by atoms with Crippen molar-refractivity contribution in [2.45, 2.75) is 32.2 Å². The number of nitrogens with one attached hydrogen (secondary N) is 1. The van der Waals surface area contributed by atoms with Crippen LogP contribution in [0.1, 0.15) is 37.1 Å². The highest BCUT2D eigenvalue weighted by atomic mass is 16.5. The van der Waals surface area contributed by atoms with Crippen LogP contribution in [-0.2, 0) is 6.42 Å². The number of hydrogen-bond acceptors (Lipinski definition) is 3. The molecule has 0 fully saturated rings. The molecule has 1 aromatic carbocycles. The van der Waals surface area contributed by atoms with E-state index in [1.807, 2.05) is 24.3 Å². The highest BCUT2D eigenvalue weighted by molar-refractivity contribution is 5.30. The van der Waals surface area contributed by atoms with Crippen molar-refractivity contribution >= 4 is 0 Å². The summed E-state index contributed by atoms with van der Waals surface area (Å²) in [5, 5.41) is 3.60. The molecule has 20 heavy (non-hydrogen) atoms. The normalized spacial score (nSPS) is 12.3. The molecule has 2 aromatic rings. The number of furan rings is 1. The van der Waals surface area contributed by atoms with Gasteiger partial charge in [0, 0.05) is 12.5 Å². The lowest BCUT2D eigenvalue weighted by molar-refractivity contribution is 0.411. The van der Waals surface area contributed by atoms with Crippen molar-refractivity contribution in [3.05, 3.63) is 54.0 Å². The number of ether oxygens (including phenoxy) is 1. The van der Waals surface area contributed by atoms with Gasteiger partial charge in [-0.25, -0.2) is 0 Å². The molecule has 0 amide bonds. The lowest BCUT2D eigenvalue weighted by atomic mass is 10.0. The molecule has 1 atom stereocenters. The molecule has 1 heterocycles. The number of hydrogen-bond donors (Lipinski definition) is 1. The summed E-state index contributed by atoms with van der Waals surface area (Å²) < 4.78 is 10.7. The Hall–Kier alpha value is -1.74. The van der Waals surface area contributed by atoms with Gasteiger partial charge in [-0.2, -0.15) is 0 Å². The highest BCUT2D eigenvalue weighted by Gasteiger charge is 2.12. The van der Waals surface area contributed by atoms with E-state index < -0.39 is 0 Å². The minimum absolute atomic E-state index is 0.329. The number of benzene rings is 1. The molecule has 0 aliphatic heterocycles. The molecule has 0 radical (unpaired) electrons. The number of aryl methyl sites for hydroxylation is 1. The lowest BCUT2D eigenvalue weighted by Crippen LogP contribution is -2.22. The molecule has 3 heteroatoms. The van der Waals surface area contributed by atoms with E-state index in [1.54, 1.807) is 13.4 Å². The van der Waals surface area contributed by atoms with Crippen LogP contribution in [-0.4, -0.2) is 13.7 Å². The van der Waals surface area contributed by atoms with Gasteiger partial charge < -0.3 is 14.5 Å². The molecule has 1 unspecified atom stereocenters. The molecule has 0 saturated carbocycles. The Balaban J connectivity index is 2.05. The van der Waals surface area contributed by atoms with Crippen molar-refractivity contribution in [1.82, 2.24) is 5.32 Å². The molecular weight excluding hydrogens is 250 g/mol. The number of rotatable bonds is 8. The number of methoxy groups -OCH3 is 1. The Bertz CT molecular complexity index is 493. The first-order valence-corrected chi connectivity index (χ1v) is 7.23. The van der Waals surface area contributed by atoms with Crippen LogP contribution in [0.4, 0.5) is 0 Å². The van der Waals surface area contributed by atoms with Crippen LogP contribution >= 0.6 is 0 Å². The summed E-state index contributed by atoms with van der Waals surface area (Å²) in [5.74, 6) is 1.94. The van der Waals surface area contributed by atoms with Gasteiger partial charge in [0.15, 0.2) is 0 Å². The average Bonchev–Trinajstić information content (AvgIpc) is 3.01. The molecular formula is C17H23NO2. The first kappa shape index (κ1) is 14.7. The average molecular weight is 273 g/mol. The highest BCUT2D eigenvalue weighted by Crippen LogP contribution is 2.23. The van der Waals surface area contributed by atoms with Crippen LogP contribution in [0.3, 0.4) is 0 Å². The van der Waals surface area contributed by atoms with Crippen molar-refractivity contribution in [1.29, 1.82) is 0 Å². The van der Waals surface area contributed by atoms with Gasteiger partial charge in [-0.15, -0.1) is 0 Å². The van der Waals surface area contributed by atoms with Crippen molar-refractivity contribution in [2.75, 3.05) is 13.7 Å². The fourth-order valence-corrected chi connectivity index (χ4v) is 2.30. The zero-order valence-corrected chi connectivity index (χ0v) is 12.3. The minimum Gasteiger partial charge on any atom is -0.497 e. The Morgan fingerprint density at radius 1 is 1.25 bits per heavy atom. The third kappa shape index (κ3) is 4.14. The molecule has 0 spiro atoms. The van der Waals surface area contributed by atoms with Gasteiger partial charge in [-0.05, 0) is 49.2 Å². The summed E-state index contributed by atoms with van der Waals surface area (Å²) in [6.07, 6.45) is 4.81. The van der Waals surface area contributed by atoms with E-state index in [2.05, 4.69) is 24.4 Å². The van der Waals surface area contributed by atoms with E-state index in [0.717, 1.165) is 37.3 Å². The van der Waals surface area contributed by atoms with E-state index in [0.29, 0.717) is 6.04 Å². The van der Waals surface area contributed by atoms with Gasteiger partial charge >= 0.3 is 0 Å². The van der Waals surface area contributed by atoms with E-state index in [4.69, 9.17) is 9.15 Å². The maximum absolute atomic E-state index is 5.42. The smallest absolute Gasteiger partial charge is 0.119 e. The van der Waals surface area contributed by atoms with E-state index >= 15 is 0 Å². The third-order valence-corrected chi connectivity index (χ3v) is 3.40. The molecule has 2 rings (SSSR count). The monoisotopic (exact) mass is 273 g/mol. The Morgan fingerprint density at radius 3 is 2.85 bits per heavy atom. The van der Waals surface area contributed by atoms with Crippen LogP contribution in [0.15, 0.2) is 47.1 Å². The summed E-state index contributed by atoms with van der Waals surface area (Å²) in [6, 6.07) is 12.6. The zero-order valence-electron chi connectivity index (χ0n) is 12.3. The second-order valence-electron chi connectivity index (χ2n) is 4.90. The third-order valence-electron chi connectivity index (χ3n) is 3.40. The van der Waals surface area contributed by atoms with Gasteiger partial charge in [-0.3, -0.25) is 0 Å². The largest absolute Gasteiger partial charge is 0.497 e. The predicted molar refractivity (Wildman–Crippen MR) is 81.1 cm³/mol. The summed E-state index contributed by atoms with van der Waals surface area (Å²) in [5.41, 5.74) is 1.27. The van der Waals surface area contributed by atoms with Crippen LogP contribution in [0.25, 0.3) is 0 Å².